The molecule has 2 atom stereocenters. The molecule has 0 spiro atoms. The lowest BCUT2D eigenvalue weighted by molar-refractivity contribution is -0.149. The summed E-state index contributed by atoms with van der Waals surface area (Å²) in [5.41, 5.74) is -0.467. The first-order valence-electron chi connectivity index (χ1n) is 6.29. The van der Waals surface area contributed by atoms with Gasteiger partial charge in [-0.1, -0.05) is 13.0 Å². The number of esters is 1. The summed E-state index contributed by atoms with van der Waals surface area (Å²) in [5.74, 6) is 0.364. The molecule has 0 bridgehead atoms. The molecule has 3 heteroatoms. The third-order valence-corrected chi connectivity index (χ3v) is 3.98. The molecule has 1 aliphatic carbocycles. The maximum Gasteiger partial charge on any atom is 0.306 e. The van der Waals surface area contributed by atoms with Crippen LogP contribution in [-0.4, -0.2) is 18.9 Å². The van der Waals surface area contributed by atoms with Crippen molar-refractivity contribution in [3.63, 3.8) is 0 Å². The molecule has 1 fully saturated rings. The number of allylic oxidation sites excluding steroid dienone is 1. The van der Waals surface area contributed by atoms with Gasteiger partial charge in [-0.05, 0) is 31.6 Å². The average Bonchev–Trinajstić information content (AvgIpc) is 2.33. The number of Topliss-reactive ketones (excluding diaryl/α,β-unsaturated/α-hetero) is 1. The van der Waals surface area contributed by atoms with E-state index in [0.29, 0.717) is 12.3 Å². The van der Waals surface area contributed by atoms with Gasteiger partial charge in [-0.25, -0.2) is 0 Å². The number of hydrogen-bond acceptors (Lipinski definition) is 3. The van der Waals surface area contributed by atoms with Crippen molar-refractivity contribution in [1.29, 1.82) is 0 Å². The van der Waals surface area contributed by atoms with E-state index in [2.05, 4.69) is 6.58 Å². The van der Waals surface area contributed by atoms with Gasteiger partial charge in [0.25, 0.3) is 0 Å². The number of hydrogen-bond donors (Lipinski definition) is 0. The largest absolute Gasteiger partial charge is 0.469 e. The minimum absolute atomic E-state index is 0.225. The molecule has 0 heterocycles. The van der Waals surface area contributed by atoms with Crippen LogP contribution in [0.3, 0.4) is 0 Å². The Morgan fingerprint density at radius 1 is 1.65 bits per heavy atom. The standard InChI is InChI=1S/C14H22O3/c1-4-6-11-7-8-14(5-2,12(15)9-11)10-13(16)17-3/h4,11H,1,5-10H2,2-3H3/t11-,14-/m1/s1. The van der Waals surface area contributed by atoms with Gasteiger partial charge in [-0.3, -0.25) is 9.59 Å². The molecule has 0 saturated heterocycles. The molecule has 0 aliphatic heterocycles. The Hall–Kier alpha value is -1.12. The van der Waals surface area contributed by atoms with Crippen LogP contribution in [0.4, 0.5) is 0 Å². The normalized spacial score (nSPS) is 28.8. The van der Waals surface area contributed by atoms with Crippen molar-refractivity contribution in [3.8, 4) is 0 Å². The summed E-state index contributed by atoms with van der Waals surface area (Å²) in [6.45, 7) is 5.69. The highest BCUT2D eigenvalue weighted by molar-refractivity contribution is 5.89. The first-order chi connectivity index (χ1) is 8.07. The number of carbonyl (C=O) groups excluding carboxylic acids is 2. The summed E-state index contributed by atoms with van der Waals surface area (Å²) in [4.78, 5) is 23.6. The summed E-state index contributed by atoms with van der Waals surface area (Å²) in [6, 6.07) is 0. The zero-order chi connectivity index (χ0) is 12.9. The third kappa shape index (κ3) is 3.18. The highest BCUT2D eigenvalue weighted by atomic mass is 16.5. The van der Waals surface area contributed by atoms with Crippen LogP contribution in [0.15, 0.2) is 12.7 Å². The molecular weight excluding hydrogens is 216 g/mol. The fraction of sp³-hybridized carbons (Fsp3) is 0.714. The number of ketones is 1. The van der Waals surface area contributed by atoms with Crippen LogP contribution in [0.1, 0.15) is 45.4 Å². The maximum absolute atomic E-state index is 12.2. The number of ether oxygens (including phenoxy) is 1. The van der Waals surface area contributed by atoms with Gasteiger partial charge < -0.3 is 4.74 Å². The van der Waals surface area contributed by atoms with Crippen molar-refractivity contribution in [1.82, 2.24) is 0 Å². The fourth-order valence-electron chi connectivity index (χ4n) is 2.67. The summed E-state index contributed by atoms with van der Waals surface area (Å²) >= 11 is 0. The first kappa shape index (κ1) is 13.9. The Labute approximate surface area is 103 Å². The van der Waals surface area contributed by atoms with E-state index in [4.69, 9.17) is 4.74 Å². The molecule has 1 aliphatic rings. The molecule has 0 unspecified atom stereocenters. The van der Waals surface area contributed by atoms with E-state index in [9.17, 15) is 9.59 Å². The molecule has 3 nitrogen and oxygen atoms in total. The summed E-state index contributed by atoms with van der Waals surface area (Å²) in [6.07, 6.45) is 6.11. The van der Waals surface area contributed by atoms with Gasteiger partial charge >= 0.3 is 5.97 Å². The van der Waals surface area contributed by atoms with E-state index in [-0.39, 0.29) is 18.2 Å². The van der Waals surface area contributed by atoms with E-state index >= 15 is 0 Å². The molecule has 1 saturated carbocycles. The van der Waals surface area contributed by atoms with E-state index in [1.165, 1.54) is 7.11 Å². The lowest BCUT2D eigenvalue weighted by Crippen LogP contribution is -2.38. The topological polar surface area (TPSA) is 43.4 Å². The van der Waals surface area contributed by atoms with Crippen LogP contribution in [0.5, 0.6) is 0 Å². The van der Waals surface area contributed by atoms with Crippen molar-refractivity contribution in [3.05, 3.63) is 12.7 Å². The van der Waals surface area contributed by atoms with E-state index in [0.717, 1.165) is 25.7 Å². The van der Waals surface area contributed by atoms with Crippen molar-refractivity contribution in [2.45, 2.75) is 45.4 Å². The Morgan fingerprint density at radius 3 is 2.82 bits per heavy atom. The van der Waals surface area contributed by atoms with E-state index in [1.807, 2.05) is 13.0 Å². The lowest BCUT2D eigenvalue weighted by Gasteiger charge is -2.37. The minimum atomic E-state index is -0.467. The SMILES string of the molecule is C=CC[C@@H]1CC[C@](CC)(CC(=O)OC)C(=O)C1. The molecule has 1 rings (SSSR count). The lowest BCUT2D eigenvalue weighted by atomic mass is 9.65. The molecule has 17 heavy (non-hydrogen) atoms. The van der Waals surface area contributed by atoms with Crippen LogP contribution in [0.2, 0.25) is 0 Å². The summed E-state index contributed by atoms with van der Waals surface area (Å²) in [5, 5.41) is 0. The number of carbonyl (C=O) groups is 2. The van der Waals surface area contributed by atoms with Gasteiger partial charge in [0.05, 0.1) is 13.5 Å². The van der Waals surface area contributed by atoms with Crippen LogP contribution >= 0.6 is 0 Å². The zero-order valence-corrected chi connectivity index (χ0v) is 10.8. The third-order valence-electron chi connectivity index (χ3n) is 3.98. The predicted molar refractivity (Wildman–Crippen MR) is 66.5 cm³/mol. The van der Waals surface area contributed by atoms with E-state index < -0.39 is 5.41 Å². The highest BCUT2D eigenvalue weighted by Crippen LogP contribution is 2.42. The molecule has 0 amide bonds. The maximum atomic E-state index is 12.2. The van der Waals surface area contributed by atoms with Gasteiger partial charge in [-0.2, -0.15) is 0 Å². The molecule has 0 aromatic heterocycles. The zero-order valence-electron chi connectivity index (χ0n) is 10.8. The number of methoxy groups -OCH3 is 1. The monoisotopic (exact) mass is 238 g/mol. The fourth-order valence-corrected chi connectivity index (χ4v) is 2.67. The van der Waals surface area contributed by atoms with Crippen LogP contribution < -0.4 is 0 Å². The molecule has 96 valence electrons. The predicted octanol–water partition coefficient (Wildman–Crippen LogP) is 2.89. The molecule has 0 aromatic rings. The van der Waals surface area contributed by atoms with Gasteiger partial charge in [0, 0.05) is 11.8 Å². The quantitative estimate of drug-likeness (QED) is 0.546. The van der Waals surface area contributed by atoms with Gasteiger partial charge in [0.15, 0.2) is 0 Å². The van der Waals surface area contributed by atoms with E-state index in [1.54, 1.807) is 0 Å². The number of rotatable bonds is 5. The van der Waals surface area contributed by atoms with Crippen LogP contribution in [0.25, 0.3) is 0 Å². The second-order valence-electron chi connectivity index (χ2n) is 4.94. The van der Waals surface area contributed by atoms with Crippen LogP contribution in [-0.2, 0) is 14.3 Å². The molecule has 0 N–H and O–H groups in total. The Morgan fingerprint density at radius 2 is 2.35 bits per heavy atom. The van der Waals surface area contributed by atoms with Gasteiger partial charge in [-0.15, -0.1) is 6.58 Å². The van der Waals surface area contributed by atoms with Crippen molar-refractivity contribution < 1.29 is 14.3 Å². The van der Waals surface area contributed by atoms with Crippen molar-refractivity contribution in [2.24, 2.45) is 11.3 Å². The molecular formula is C14H22O3. The summed E-state index contributed by atoms with van der Waals surface area (Å²) < 4.78 is 4.70. The smallest absolute Gasteiger partial charge is 0.306 e. The highest BCUT2D eigenvalue weighted by Gasteiger charge is 2.42. The Bertz CT molecular complexity index is 309. The van der Waals surface area contributed by atoms with Crippen molar-refractivity contribution in [2.75, 3.05) is 7.11 Å². The molecule has 0 radical (unpaired) electrons. The van der Waals surface area contributed by atoms with Gasteiger partial charge in [0.2, 0.25) is 0 Å². The molecule has 0 aromatic carbocycles. The second-order valence-corrected chi connectivity index (χ2v) is 4.94. The van der Waals surface area contributed by atoms with Gasteiger partial charge in [0.1, 0.15) is 5.78 Å². The Kier molecular flexibility index (Phi) is 4.91. The first-order valence-corrected chi connectivity index (χ1v) is 6.29. The second kappa shape index (κ2) is 5.99. The summed E-state index contributed by atoms with van der Waals surface area (Å²) in [7, 11) is 1.37. The van der Waals surface area contributed by atoms with Crippen LogP contribution in [0, 0.1) is 11.3 Å². The van der Waals surface area contributed by atoms with Crippen molar-refractivity contribution >= 4 is 11.8 Å². The minimum Gasteiger partial charge on any atom is -0.469 e. The Balaban J connectivity index is 2.71. The average molecular weight is 238 g/mol.